The molecule has 3 atom stereocenters. The molecule has 9 nitrogen and oxygen atoms in total. The molecule has 0 aliphatic carbocycles. The number of carbonyl (C=O) groups is 2. The molecular weight excluding hydrogens is 488 g/mol. The monoisotopic (exact) mass is 518 g/mol. The fourth-order valence-corrected chi connectivity index (χ4v) is 5.38. The van der Waals surface area contributed by atoms with Gasteiger partial charge in [0.15, 0.2) is 0 Å². The predicted molar refractivity (Wildman–Crippen MR) is 139 cm³/mol. The van der Waals surface area contributed by atoms with Crippen LogP contribution in [0.2, 0.25) is 0 Å². The van der Waals surface area contributed by atoms with Gasteiger partial charge in [0, 0.05) is 19.1 Å². The SMILES string of the molecule is CCC1CSC([C@H](Cc2ccc(NS(=O)(=O)O)cc2)NC(=O)[C@H](Cc2ccccc2)NC(C)=O)=N1. The van der Waals surface area contributed by atoms with Crippen LogP contribution < -0.4 is 15.4 Å². The van der Waals surface area contributed by atoms with Gasteiger partial charge in [-0.2, -0.15) is 8.42 Å². The van der Waals surface area contributed by atoms with Crippen LogP contribution in [0.3, 0.4) is 0 Å². The number of benzene rings is 2. The van der Waals surface area contributed by atoms with Crippen LogP contribution in [0.25, 0.3) is 0 Å². The first kappa shape index (κ1) is 26.7. The topological polar surface area (TPSA) is 137 Å². The Morgan fingerprint density at radius 1 is 1.06 bits per heavy atom. The molecule has 35 heavy (non-hydrogen) atoms. The van der Waals surface area contributed by atoms with Crippen LogP contribution >= 0.6 is 11.8 Å². The molecule has 0 saturated carbocycles. The number of nitrogens with zero attached hydrogens (tertiary/aromatic N) is 1. The molecule has 0 fully saturated rings. The predicted octanol–water partition coefficient (Wildman–Crippen LogP) is 2.60. The van der Waals surface area contributed by atoms with Gasteiger partial charge in [-0.25, -0.2) is 0 Å². The van der Waals surface area contributed by atoms with Crippen molar-refractivity contribution < 1.29 is 22.6 Å². The van der Waals surface area contributed by atoms with Crippen molar-refractivity contribution in [3.8, 4) is 0 Å². The normalized spacial score (nSPS) is 17.2. The van der Waals surface area contributed by atoms with Crippen LogP contribution in [0.1, 0.15) is 31.4 Å². The van der Waals surface area contributed by atoms with E-state index in [2.05, 4.69) is 17.6 Å². The molecule has 2 aromatic carbocycles. The van der Waals surface area contributed by atoms with Crippen molar-refractivity contribution in [2.24, 2.45) is 4.99 Å². The highest BCUT2D eigenvalue weighted by atomic mass is 32.2. The summed E-state index contributed by atoms with van der Waals surface area (Å²) >= 11 is 1.61. The van der Waals surface area contributed by atoms with Gasteiger partial charge in [0.05, 0.1) is 22.8 Å². The highest BCUT2D eigenvalue weighted by molar-refractivity contribution is 8.14. The lowest BCUT2D eigenvalue weighted by Gasteiger charge is -2.23. The molecule has 1 unspecified atom stereocenters. The number of hydrogen-bond donors (Lipinski definition) is 4. The van der Waals surface area contributed by atoms with E-state index in [0.717, 1.165) is 28.3 Å². The Labute approximate surface area is 210 Å². The second-order valence-corrected chi connectivity index (χ2v) is 10.5. The average Bonchev–Trinajstić information content (AvgIpc) is 3.28. The van der Waals surface area contributed by atoms with Gasteiger partial charge in [0.2, 0.25) is 11.8 Å². The van der Waals surface area contributed by atoms with Crippen LogP contribution in [0.4, 0.5) is 5.69 Å². The third-order valence-corrected chi connectivity index (χ3v) is 7.17. The minimum Gasteiger partial charge on any atom is -0.345 e. The summed E-state index contributed by atoms with van der Waals surface area (Å²) in [4.78, 5) is 29.9. The van der Waals surface area contributed by atoms with Gasteiger partial charge in [-0.1, -0.05) is 49.4 Å². The molecule has 0 radical (unpaired) electrons. The Morgan fingerprint density at radius 2 is 1.71 bits per heavy atom. The van der Waals surface area contributed by atoms with Crippen molar-refractivity contribution in [2.45, 2.75) is 51.2 Å². The lowest BCUT2D eigenvalue weighted by Crippen LogP contribution is -2.52. The zero-order valence-corrected chi connectivity index (χ0v) is 21.2. The van der Waals surface area contributed by atoms with Gasteiger partial charge in [-0.05, 0) is 36.1 Å². The average molecular weight is 519 g/mol. The molecule has 188 valence electrons. The summed E-state index contributed by atoms with van der Waals surface area (Å²) in [5.74, 6) is 0.245. The molecule has 0 saturated heterocycles. The summed E-state index contributed by atoms with van der Waals surface area (Å²) in [6, 6.07) is 15.0. The molecule has 3 rings (SSSR count). The minimum atomic E-state index is -4.36. The fraction of sp³-hybridized carbons (Fsp3) is 0.375. The maximum Gasteiger partial charge on any atom is 0.357 e. The number of hydrogen-bond acceptors (Lipinski definition) is 6. The van der Waals surface area contributed by atoms with Crippen molar-refractivity contribution >= 4 is 44.6 Å². The van der Waals surface area contributed by atoms with Gasteiger partial charge in [0.1, 0.15) is 6.04 Å². The van der Waals surface area contributed by atoms with Crippen LogP contribution in [0.15, 0.2) is 59.6 Å². The maximum absolute atomic E-state index is 13.3. The first-order chi connectivity index (χ1) is 16.6. The highest BCUT2D eigenvalue weighted by Crippen LogP contribution is 2.24. The van der Waals surface area contributed by atoms with Gasteiger partial charge < -0.3 is 10.6 Å². The lowest BCUT2D eigenvalue weighted by molar-refractivity contribution is -0.128. The smallest absolute Gasteiger partial charge is 0.345 e. The molecule has 2 aromatic rings. The number of carbonyl (C=O) groups excluding carboxylic acids is 2. The molecule has 4 N–H and O–H groups in total. The molecule has 2 amide bonds. The van der Waals surface area contributed by atoms with E-state index in [0.29, 0.717) is 12.8 Å². The van der Waals surface area contributed by atoms with E-state index >= 15 is 0 Å². The highest BCUT2D eigenvalue weighted by Gasteiger charge is 2.29. The first-order valence-corrected chi connectivity index (χ1v) is 13.7. The van der Waals surface area contributed by atoms with Crippen LogP contribution in [0, 0.1) is 0 Å². The second kappa shape index (κ2) is 12.2. The van der Waals surface area contributed by atoms with Gasteiger partial charge in [-0.15, -0.1) is 11.8 Å². The van der Waals surface area contributed by atoms with Gasteiger partial charge in [-0.3, -0.25) is 23.9 Å². The number of amides is 2. The summed E-state index contributed by atoms with van der Waals surface area (Å²) in [6.07, 6.45) is 1.68. The van der Waals surface area contributed by atoms with E-state index < -0.39 is 22.4 Å². The summed E-state index contributed by atoms with van der Waals surface area (Å²) < 4.78 is 33.0. The second-order valence-electron chi connectivity index (χ2n) is 8.32. The summed E-state index contributed by atoms with van der Waals surface area (Å²) in [5.41, 5.74) is 2.00. The molecule has 1 aliphatic heterocycles. The zero-order valence-electron chi connectivity index (χ0n) is 19.6. The maximum atomic E-state index is 13.3. The zero-order chi connectivity index (χ0) is 25.4. The number of nitrogens with one attached hydrogen (secondary N) is 3. The van der Waals surface area contributed by atoms with E-state index in [-0.39, 0.29) is 23.5 Å². The van der Waals surface area contributed by atoms with E-state index in [9.17, 15) is 18.0 Å². The molecule has 0 aromatic heterocycles. The summed E-state index contributed by atoms with van der Waals surface area (Å²) in [7, 11) is -4.36. The van der Waals surface area contributed by atoms with Crippen molar-refractivity contribution in [1.82, 2.24) is 10.6 Å². The van der Waals surface area contributed by atoms with Crippen molar-refractivity contribution in [3.05, 3.63) is 65.7 Å². The minimum absolute atomic E-state index is 0.186. The summed E-state index contributed by atoms with van der Waals surface area (Å²) in [5, 5.41) is 6.65. The largest absolute Gasteiger partial charge is 0.357 e. The molecule has 0 bridgehead atoms. The van der Waals surface area contributed by atoms with Crippen LogP contribution in [-0.2, 0) is 32.7 Å². The van der Waals surface area contributed by atoms with Gasteiger partial charge >= 0.3 is 10.3 Å². The van der Waals surface area contributed by atoms with E-state index in [1.54, 1.807) is 23.9 Å². The number of rotatable bonds is 11. The molecule has 0 spiro atoms. The molecule has 1 heterocycles. The van der Waals surface area contributed by atoms with Crippen LogP contribution in [-0.4, -0.2) is 53.7 Å². The Balaban J connectivity index is 1.79. The Morgan fingerprint density at radius 3 is 2.29 bits per heavy atom. The van der Waals surface area contributed by atoms with Crippen molar-refractivity contribution in [2.75, 3.05) is 10.5 Å². The summed E-state index contributed by atoms with van der Waals surface area (Å²) in [6.45, 7) is 3.45. The Hall–Kier alpha value is -2.89. The van der Waals surface area contributed by atoms with E-state index in [4.69, 9.17) is 9.55 Å². The third kappa shape index (κ3) is 8.68. The van der Waals surface area contributed by atoms with Crippen molar-refractivity contribution in [1.29, 1.82) is 0 Å². The van der Waals surface area contributed by atoms with Crippen LogP contribution in [0.5, 0.6) is 0 Å². The Bertz CT molecular complexity index is 1150. The lowest BCUT2D eigenvalue weighted by atomic mass is 10.0. The molecular formula is C24H30N4O5S2. The quantitative estimate of drug-likeness (QED) is 0.338. The number of aliphatic imine (C=N–C) groups is 1. The van der Waals surface area contributed by atoms with E-state index in [1.165, 1.54) is 19.1 Å². The third-order valence-electron chi connectivity index (χ3n) is 5.44. The number of thioether (sulfide) groups is 1. The van der Waals surface area contributed by atoms with Crippen molar-refractivity contribution in [3.63, 3.8) is 0 Å². The fourth-order valence-electron chi connectivity index (χ4n) is 3.71. The first-order valence-electron chi connectivity index (χ1n) is 11.3. The van der Waals surface area contributed by atoms with E-state index in [1.807, 2.05) is 35.1 Å². The molecule has 1 aliphatic rings. The van der Waals surface area contributed by atoms with Gasteiger partial charge in [0.25, 0.3) is 0 Å². The Kier molecular flexibility index (Phi) is 9.30. The standard InChI is InChI=1S/C24H30N4O5S2/c1-3-19-15-34-24(26-19)22(14-18-9-11-20(12-10-18)28-35(31,32)33)27-23(30)21(25-16(2)29)13-17-7-5-4-6-8-17/h4-12,19,21-22,28H,3,13-15H2,1-2H3,(H,25,29)(H,27,30)(H,31,32,33)/t19?,21-,22-/m0/s1. The number of anilines is 1. The molecule has 11 heteroatoms.